The molecule has 0 radical (unpaired) electrons. The number of imidazole rings is 1. The average Bonchev–Trinajstić information content (AvgIpc) is 3.17. The molecule has 0 spiro atoms. The Hall–Kier alpha value is -1.66. The van der Waals surface area contributed by atoms with Gasteiger partial charge in [-0.15, -0.1) is 0 Å². The van der Waals surface area contributed by atoms with Gasteiger partial charge in [0.15, 0.2) is 0 Å². The topological polar surface area (TPSA) is 47.4 Å². The van der Waals surface area contributed by atoms with Gasteiger partial charge < -0.3 is 14.2 Å². The van der Waals surface area contributed by atoms with E-state index in [1.807, 2.05) is 27.9 Å². The third-order valence-electron chi connectivity index (χ3n) is 4.15. The molecular formula is C16H21N3O2S. The predicted molar refractivity (Wildman–Crippen MR) is 86.2 cm³/mol. The summed E-state index contributed by atoms with van der Waals surface area (Å²) in [6.45, 7) is 4.13. The number of carbonyl (C=O) groups excluding carboxylic acids is 1. The number of aromatic nitrogens is 2. The summed E-state index contributed by atoms with van der Waals surface area (Å²) in [6, 6.07) is 2.18. The van der Waals surface area contributed by atoms with Crippen molar-refractivity contribution in [2.75, 3.05) is 20.2 Å². The van der Waals surface area contributed by atoms with Gasteiger partial charge >= 0.3 is 0 Å². The van der Waals surface area contributed by atoms with Crippen molar-refractivity contribution in [2.45, 2.75) is 32.4 Å². The fourth-order valence-corrected chi connectivity index (χ4v) is 3.78. The van der Waals surface area contributed by atoms with Gasteiger partial charge in [-0.25, -0.2) is 4.98 Å². The lowest BCUT2D eigenvalue weighted by molar-refractivity contribution is 0.0673. The monoisotopic (exact) mass is 319 g/mol. The Labute approximate surface area is 134 Å². The fourth-order valence-electron chi connectivity index (χ4n) is 3.15. The molecular weight excluding hydrogens is 298 g/mol. The second kappa shape index (κ2) is 6.62. The molecule has 1 atom stereocenters. The largest absolute Gasteiger partial charge is 0.377 e. The lowest BCUT2D eigenvalue weighted by Gasteiger charge is -2.34. The van der Waals surface area contributed by atoms with Crippen LogP contribution in [-0.4, -0.2) is 40.6 Å². The molecule has 0 aromatic carbocycles. The number of piperidine rings is 1. The van der Waals surface area contributed by atoms with Crippen LogP contribution in [0.2, 0.25) is 0 Å². The van der Waals surface area contributed by atoms with Gasteiger partial charge in [-0.1, -0.05) is 0 Å². The van der Waals surface area contributed by atoms with Crippen LogP contribution < -0.4 is 0 Å². The van der Waals surface area contributed by atoms with Crippen molar-refractivity contribution in [3.05, 3.63) is 40.1 Å². The molecule has 1 aliphatic heterocycles. The van der Waals surface area contributed by atoms with Crippen molar-refractivity contribution < 1.29 is 9.53 Å². The normalized spacial score (nSPS) is 18.6. The highest BCUT2D eigenvalue weighted by Crippen LogP contribution is 2.26. The maximum Gasteiger partial charge on any atom is 0.254 e. The number of thiophene rings is 1. The average molecular weight is 319 g/mol. The maximum absolute atomic E-state index is 12.6. The van der Waals surface area contributed by atoms with Crippen molar-refractivity contribution >= 4 is 17.2 Å². The van der Waals surface area contributed by atoms with Crippen molar-refractivity contribution in [1.82, 2.24) is 14.5 Å². The first-order valence-electron chi connectivity index (χ1n) is 7.54. The van der Waals surface area contributed by atoms with Crippen LogP contribution in [0.4, 0.5) is 0 Å². The molecule has 2 aromatic heterocycles. The molecule has 3 rings (SSSR count). The van der Waals surface area contributed by atoms with Gasteiger partial charge in [-0.3, -0.25) is 4.79 Å². The number of hydrogen-bond acceptors (Lipinski definition) is 4. The summed E-state index contributed by atoms with van der Waals surface area (Å²) in [4.78, 5) is 19.0. The van der Waals surface area contributed by atoms with E-state index in [0.717, 1.165) is 43.0 Å². The highest BCUT2D eigenvalue weighted by molar-refractivity contribution is 7.08. The van der Waals surface area contributed by atoms with Crippen LogP contribution >= 0.6 is 11.3 Å². The van der Waals surface area contributed by atoms with Crippen molar-refractivity contribution in [1.29, 1.82) is 0 Å². The molecule has 22 heavy (non-hydrogen) atoms. The Morgan fingerprint density at radius 3 is 3.14 bits per heavy atom. The number of amides is 1. The number of methoxy groups -OCH3 is 1. The number of hydrogen-bond donors (Lipinski definition) is 0. The second-order valence-corrected chi connectivity index (χ2v) is 6.46. The molecule has 1 amide bonds. The van der Waals surface area contributed by atoms with E-state index in [4.69, 9.17) is 4.74 Å². The Kier molecular flexibility index (Phi) is 4.59. The molecule has 1 fully saturated rings. The number of rotatable bonds is 4. The van der Waals surface area contributed by atoms with E-state index in [2.05, 4.69) is 16.5 Å². The zero-order valence-electron chi connectivity index (χ0n) is 13.0. The minimum absolute atomic E-state index is 0.136. The highest BCUT2D eigenvalue weighted by Gasteiger charge is 2.27. The highest BCUT2D eigenvalue weighted by atomic mass is 32.1. The van der Waals surface area contributed by atoms with E-state index in [0.29, 0.717) is 6.61 Å². The van der Waals surface area contributed by atoms with E-state index < -0.39 is 0 Å². The first-order chi connectivity index (χ1) is 10.7. The summed E-state index contributed by atoms with van der Waals surface area (Å²) in [7, 11) is 1.68. The van der Waals surface area contributed by atoms with Crippen molar-refractivity contribution in [3.63, 3.8) is 0 Å². The molecule has 118 valence electrons. The number of nitrogens with zero attached hydrogens (tertiary/aromatic N) is 3. The third-order valence-corrected chi connectivity index (χ3v) is 4.83. The van der Waals surface area contributed by atoms with Gasteiger partial charge in [0, 0.05) is 37.5 Å². The molecule has 0 saturated carbocycles. The Balaban J connectivity index is 1.79. The lowest BCUT2D eigenvalue weighted by Crippen LogP contribution is -2.41. The number of aryl methyl sites for hydroxylation is 1. The molecule has 1 unspecified atom stereocenters. The van der Waals surface area contributed by atoms with Gasteiger partial charge in [0.1, 0.15) is 12.4 Å². The molecule has 0 N–H and O–H groups in total. The standard InChI is InChI=1S/C16H21N3O2S/c1-12-8-17-15(10-21-2)19(12)14-4-3-6-18(9-14)16(20)13-5-7-22-11-13/h5,7-8,11,14H,3-4,6,9-10H2,1-2H3. The van der Waals surface area contributed by atoms with Gasteiger partial charge in [-0.05, 0) is 31.2 Å². The van der Waals surface area contributed by atoms with E-state index in [9.17, 15) is 4.79 Å². The molecule has 2 aromatic rings. The fraction of sp³-hybridized carbons (Fsp3) is 0.500. The Morgan fingerprint density at radius 2 is 2.41 bits per heavy atom. The Morgan fingerprint density at radius 1 is 1.55 bits per heavy atom. The lowest BCUT2D eigenvalue weighted by atomic mass is 10.0. The van der Waals surface area contributed by atoms with Crippen LogP contribution in [0.3, 0.4) is 0 Å². The zero-order valence-corrected chi connectivity index (χ0v) is 13.8. The summed E-state index contributed by atoms with van der Waals surface area (Å²) in [5.41, 5.74) is 1.92. The minimum atomic E-state index is 0.136. The smallest absolute Gasteiger partial charge is 0.254 e. The summed E-state index contributed by atoms with van der Waals surface area (Å²) in [5, 5.41) is 3.87. The minimum Gasteiger partial charge on any atom is -0.377 e. The van der Waals surface area contributed by atoms with Crippen molar-refractivity contribution in [2.24, 2.45) is 0 Å². The number of ether oxygens (including phenoxy) is 1. The SMILES string of the molecule is COCc1ncc(C)n1C1CCCN(C(=O)c2ccsc2)C1. The molecule has 0 bridgehead atoms. The quantitative estimate of drug-likeness (QED) is 0.870. The van der Waals surface area contributed by atoms with Crippen LogP contribution in [0.25, 0.3) is 0 Å². The van der Waals surface area contributed by atoms with Gasteiger partial charge in [-0.2, -0.15) is 11.3 Å². The first kappa shape index (κ1) is 15.2. The van der Waals surface area contributed by atoms with E-state index in [-0.39, 0.29) is 11.9 Å². The molecule has 3 heterocycles. The summed E-state index contributed by atoms with van der Waals surface area (Å²) < 4.78 is 7.48. The number of carbonyl (C=O) groups is 1. The van der Waals surface area contributed by atoms with Gasteiger partial charge in [0.2, 0.25) is 0 Å². The van der Waals surface area contributed by atoms with Gasteiger partial charge in [0.25, 0.3) is 5.91 Å². The number of likely N-dealkylation sites (tertiary alicyclic amines) is 1. The van der Waals surface area contributed by atoms with Crippen LogP contribution in [-0.2, 0) is 11.3 Å². The first-order valence-corrected chi connectivity index (χ1v) is 8.48. The second-order valence-electron chi connectivity index (χ2n) is 5.68. The molecule has 6 heteroatoms. The summed E-state index contributed by atoms with van der Waals surface area (Å²) in [5.74, 6) is 1.08. The van der Waals surface area contributed by atoms with Crippen LogP contribution in [0.5, 0.6) is 0 Å². The van der Waals surface area contributed by atoms with Crippen LogP contribution in [0.15, 0.2) is 23.0 Å². The predicted octanol–water partition coefficient (Wildman–Crippen LogP) is 2.88. The molecule has 1 saturated heterocycles. The molecule has 5 nitrogen and oxygen atoms in total. The van der Waals surface area contributed by atoms with E-state index in [1.54, 1.807) is 18.4 Å². The molecule has 0 aliphatic carbocycles. The Bertz CT molecular complexity index is 636. The van der Waals surface area contributed by atoms with E-state index in [1.165, 1.54) is 0 Å². The van der Waals surface area contributed by atoms with Crippen LogP contribution in [0.1, 0.15) is 40.8 Å². The summed E-state index contributed by atoms with van der Waals surface area (Å²) >= 11 is 1.56. The van der Waals surface area contributed by atoms with Crippen LogP contribution in [0, 0.1) is 6.92 Å². The third kappa shape index (κ3) is 2.94. The molecule has 1 aliphatic rings. The summed E-state index contributed by atoms with van der Waals surface area (Å²) in [6.07, 6.45) is 3.97. The van der Waals surface area contributed by atoms with E-state index >= 15 is 0 Å². The maximum atomic E-state index is 12.6. The van der Waals surface area contributed by atoms with Gasteiger partial charge in [0.05, 0.1) is 11.6 Å². The zero-order chi connectivity index (χ0) is 15.5. The van der Waals surface area contributed by atoms with Crippen molar-refractivity contribution in [3.8, 4) is 0 Å².